The van der Waals surface area contributed by atoms with E-state index in [1.807, 2.05) is 60.7 Å². The van der Waals surface area contributed by atoms with Gasteiger partial charge in [0.15, 0.2) is 0 Å². The quantitative estimate of drug-likeness (QED) is 0.413. The first-order chi connectivity index (χ1) is 14.0. The summed E-state index contributed by atoms with van der Waals surface area (Å²) in [5, 5.41) is 19.0. The molecule has 152 valence electrons. The number of carbonyl (C=O) groups is 2. The Morgan fingerprint density at radius 3 is 1.93 bits per heavy atom. The molecule has 1 aliphatic heterocycles. The zero-order chi connectivity index (χ0) is 20.9. The van der Waals surface area contributed by atoms with Crippen LogP contribution in [0.2, 0.25) is 0 Å². The Kier molecular flexibility index (Phi) is 8.91. The van der Waals surface area contributed by atoms with Crippen LogP contribution in [0.4, 0.5) is 11.4 Å². The van der Waals surface area contributed by atoms with Crippen molar-refractivity contribution in [1.29, 1.82) is 0 Å². The highest BCUT2D eigenvalue weighted by atomic mass is 16.5. The minimum Gasteiger partial charge on any atom is -0.478 e. The monoisotopic (exact) mass is 397 g/mol. The molecule has 0 atom stereocenters. The fourth-order valence-electron chi connectivity index (χ4n) is 2.37. The van der Waals surface area contributed by atoms with Crippen LogP contribution in [0.15, 0.2) is 77.8 Å². The number of ether oxygens (including phenoxy) is 1. The van der Waals surface area contributed by atoms with Gasteiger partial charge in [0.2, 0.25) is 5.96 Å². The van der Waals surface area contributed by atoms with Gasteiger partial charge in [-0.2, -0.15) is 0 Å². The van der Waals surface area contributed by atoms with Crippen molar-refractivity contribution in [2.75, 3.05) is 31.6 Å². The van der Waals surface area contributed by atoms with Crippen LogP contribution >= 0.6 is 0 Å². The van der Waals surface area contributed by atoms with Crippen LogP contribution in [0.5, 0.6) is 0 Å². The summed E-state index contributed by atoms with van der Waals surface area (Å²) in [6.45, 7) is 3.19. The molecule has 3 rings (SSSR count). The predicted molar refractivity (Wildman–Crippen MR) is 110 cm³/mol. The fourth-order valence-corrected chi connectivity index (χ4v) is 2.37. The number of hydrogen-bond acceptors (Lipinski definition) is 4. The average molecular weight is 397 g/mol. The van der Waals surface area contributed by atoms with Crippen molar-refractivity contribution in [3.05, 3.63) is 72.8 Å². The highest BCUT2D eigenvalue weighted by Crippen LogP contribution is 2.14. The number of para-hydroxylation sites is 2. The standard InChI is InChI=1S/C17H19N3O.C4H4O4/c1-3-7-15(8-4-1)18-17(20-11-13-21-14-12-20)19-16-9-5-2-6-10-16;5-3(6)1-2-4(7)8/h1-10H,11-14H2,(H,18,19);1-2H,(H,5,6)(H,7,8). The number of nitrogens with zero attached hydrogens (tertiary/aromatic N) is 2. The second kappa shape index (κ2) is 11.9. The second-order valence-corrected chi connectivity index (χ2v) is 5.87. The van der Waals surface area contributed by atoms with E-state index in [9.17, 15) is 9.59 Å². The van der Waals surface area contributed by atoms with Crippen LogP contribution in [-0.2, 0) is 14.3 Å². The highest BCUT2D eigenvalue weighted by molar-refractivity contribution is 5.95. The van der Waals surface area contributed by atoms with E-state index in [0.29, 0.717) is 12.2 Å². The lowest BCUT2D eigenvalue weighted by atomic mass is 10.3. The Bertz CT molecular complexity index is 816. The SMILES string of the molecule is O=C(O)C=CC(=O)O.c1ccc(N=C(Nc2ccccc2)N2CCOCC2)cc1. The van der Waals surface area contributed by atoms with Crippen molar-refractivity contribution in [2.24, 2.45) is 4.99 Å². The van der Waals surface area contributed by atoms with E-state index < -0.39 is 11.9 Å². The molecule has 0 saturated carbocycles. The molecular weight excluding hydrogens is 374 g/mol. The van der Waals surface area contributed by atoms with E-state index in [4.69, 9.17) is 19.9 Å². The number of guanidine groups is 1. The molecule has 29 heavy (non-hydrogen) atoms. The van der Waals surface area contributed by atoms with Crippen molar-refractivity contribution < 1.29 is 24.5 Å². The van der Waals surface area contributed by atoms with E-state index in [1.54, 1.807) is 0 Å². The minimum absolute atomic E-state index is 0.558. The lowest BCUT2D eigenvalue weighted by Gasteiger charge is -2.30. The van der Waals surface area contributed by atoms with Gasteiger partial charge in [0.1, 0.15) is 0 Å². The lowest BCUT2D eigenvalue weighted by molar-refractivity contribution is -0.134. The predicted octanol–water partition coefficient (Wildman–Crippen LogP) is 2.83. The molecule has 0 amide bonds. The van der Waals surface area contributed by atoms with E-state index in [0.717, 1.165) is 43.6 Å². The molecule has 1 aliphatic rings. The molecule has 0 unspecified atom stereocenters. The number of aliphatic imine (C=N–C) groups is 1. The second-order valence-electron chi connectivity index (χ2n) is 5.87. The number of carboxylic acid groups (broad SMARTS) is 2. The molecule has 3 N–H and O–H groups in total. The van der Waals surface area contributed by atoms with Crippen molar-refractivity contribution in [2.45, 2.75) is 0 Å². The Labute approximate surface area is 168 Å². The smallest absolute Gasteiger partial charge is 0.328 e. The van der Waals surface area contributed by atoms with Crippen molar-refractivity contribution >= 4 is 29.3 Å². The molecule has 0 spiro atoms. The van der Waals surface area contributed by atoms with Crippen molar-refractivity contribution in [3.8, 4) is 0 Å². The Balaban J connectivity index is 0.000000321. The van der Waals surface area contributed by atoms with Crippen LogP contribution in [0.25, 0.3) is 0 Å². The van der Waals surface area contributed by atoms with Crippen LogP contribution in [0, 0.1) is 0 Å². The van der Waals surface area contributed by atoms with Gasteiger partial charge < -0.3 is 25.2 Å². The maximum atomic E-state index is 9.55. The Hall–Kier alpha value is -3.65. The van der Waals surface area contributed by atoms with Crippen molar-refractivity contribution in [1.82, 2.24) is 4.90 Å². The van der Waals surface area contributed by atoms with Gasteiger partial charge in [-0.1, -0.05) is 36.4 Å². The normalized spacial score (nSPS) is 14.1. The number of anilines is 1. The number of aliphatic carboxylic acids is 2. The third kappa shape index (κ3) is 8.72. The maximum absolute atomic E-state index is 9.55. The molecule has 8 heteroatoms. The third-order valence-corrected chi connectivity index (χ3v) is 3.70. The first-order valence-corrected chi connectivity index (χ1v) is 8.97. The molecule has 1 saturated heterocycles. The molecule has 8 nitrogen and oxygen atoms in total. The summed E-state index contributed by atoms with van der Waals surface area (Å²) in [5.41, 5.74) is 1.99. The van der Waals surface area contributed by atoms with Gasteiger partial charge in [-0.05, 0) is 24.3 Å². The van der Waals surface area contributed by atoms with E-state index in [2.05, 4.69) is 10.2 Å². The van der Waals surface area contributed by atoms with Crippen LogP contribution in [-0.4, -0.2) is 59.3 Å². The summed E-state index contributed by atoms with van der Waals surface area (Å²) in [4.78, 5) is 26.1. The van der Waals surface area contributed by atoms with E-state index in [1.165, 1.54) is 0 Å². The zero-order valence-corrected chi connectivity index (χ0v) is 15.8. The molecule has 0 radical (unpaired) electrons. The summed E-state index contributed by atoms with van der Waals surface area (Å²) < 4.78 is 5.43. The molecule has 1 fully saturated rings. The van der Waals surface area contributed by atoms with E-state index in [-0.39, 0.29) is 0 Å². The first kappa shape index (κ1) is 21.6. The van der Waals surface area contributed by atoms with Gasteiger partial charge >= 0.3 is 11.9 Å². The zero-order valence-electron chi connectivity index (χ0n) is 15.8. The van der Waals surface area contributed by atoms with Gasteiger partial charge in [0, 0.05) is 30.9 Å². The van der Waals surface area contributed by atoms with Gasteiger partial charge in [0.25, 0.3) is 0 Å². The largest absolute Gasteiger partial charge is 0.478 e. The van der Waals surface area contributed by atoms with Gasteiger partial charge in [-0.15, -0.1) is 0 Å². The maximum Gasteiger partial charge on any atom is 0.328 e. The minimum atomic E-state index is -1.26. The van der Waals surface area contributed by atoms with Gasteiger partial charge in [-0.3, -0.25) is 0 Å². The van der Waals surface area contributed by atoms with Crippen LogP contribution in [0.3, 0.4) is 0 Å². The molecule has 0 aromatic heterocycles. The van der Waals surface area contributed by atoms with Crippen molar-refractivity contribution in [3.63, 3.8) is 0 Å². The van der Waals surface area contributed by atoms with Crippen LogP contribution in [0.1, 0.15) is 0 Å². The van der Waals surface area contributed by atoms with Gasteiger partial charge in [-0.25, -0.2) is 14.6 Å². The number of hydrogen-bond donors (Lipinski definition) is 3. The number of rotatable bonds is 4. The summed E-state index contributed by atoms with van der Waals surface area (Å²) in [6, 6.07) is 20.1. The summed E-state index contributed by atoms with van der Waals surface area (Å²) in [7, 11) is 0. The van der Waals surface area contributed by atoms with Gasteiger partial charge in [0.05, 0.1) is 18.9 Å². The number of carboxylic acids is 2. The Morgan fingerprint density at radius 1 is 0.897 bits per heavy atom. The Morgan fingerprint density at radius 2 is 1.41 bits per heavy atom. The molecule has 1 heterocycles. The molecular formula is C21H23N3O5. The molecule has 2 aromatic rings. The lowest BCUT2D eigenvalue weighted by Crippen LogP contribution is -2.44. The highest BCUT2D eigenvalue weighted by Gasteiger charge is 2.15. The van der Waals surface area contributed by atoms with Crippen LogP contribution < -0.4 is 5.32 Å². The molecule has 2 aromatic carbocycles. The van der Waals surface area contributed by atoms with E-state index >= 15 is 0 Å². The average Bonchev–Trinajstić information content (AvgIpc) is 2.74. The molecule has 0 aliphatic carbocycles. The summed E-state index contributed by atoms with van der Waals surface area (Å²) in [5.74, 6) is -1.64. The summed E-state index contributed by atoms with van der Waals surface area (Å²) in [6.07, 6.45) is 1.12. The number of morpholine rings is 1. The topological polar surface area (TPSA) is 111 Å². The molecule has 0 bridgehead atoms. The fraction of sp³-hybridized carbons (Fsp3) is 0.190. The first-order valence-electron chi connectivity index (χ1n) is 8.97. The summed E-state index contributed by atoms with van der Waals surface area (Å²) >= 11 is 0. The number of benzene rings is 2. The third-order valence-electron chi connectivity index (χ3n) is 3.70. The number of nitrogens with one attached hydrogen (secondary N) is 1.